The van der Waals surface area contributed by atoms with Gasteiger partial charge in [-0.05, 0) is 70.0 Å². The number of anilines is 1. The summed E-state index contributed by atoms with van der Waals surface area (Å²) in [6, 6.07) is 7.62. The number of aromatic nitrogens is 3. The summed E-state index contributed by atoms with van der Waals surface area (Å²) in [5.41, 5.74) is 0.378. The fraction of sp³-hybridized carbons (Fsp3) is 0.158. The first-order valence-electron chi connectivity index (χ1n) is 8.54. The Balaban J connectivity index is 2.22. The minimum absolute atomic E-state index is 0.0284. The van der Waals surface area contributed by atoms with E-state index in [1.165, 1.54) is 21.7 Å². The second-order valence-electron chi connectivity index (χ2n) is 6.43. The Morgan fingerprint density at radius 1 is 1.20 bits per heavy atom. The van der Waals surface area contributed by atoms with Crippen LogP contribution in [0, 0.1) is 0 Å². The molecule has 156 valence electrons. The minimum atomic E-state index is -1.16. The van der Waals surface area contributed by atoms with Crippen molar-refractivity contribution in [2.75, 3.05) is 4.90 Å². The number of carbonyl (C=O) groups excluding carboxylic acids is 1. The molecule has 0 radical (unpaired) electrons. The molecule has 1 aromatic carbocycles. The van der Waals surface area contributed by atoms with E-state index < -0.39 is 11.9 Å². The maximum absolute atomic E-state index is 13.7. The number of hydrogen-bond donors (Lipinski definition) is 1. The van der Waals surface area contributed by atoms with Crippen LogP contribution in [0.25, 0.3) is 5.82 Å². The topological polar surface area (TPSA) is 88.3 Å². The average molecular weight is 622 g/mol. The Labute approximate surface area is 202 Å². The van der Waals surface area contributed by atoms with Crippen molar-refractivity contribution >= 4 is 77.0 Å². The molecule has 0 bridgehead atoms. The third-order valence-electron chi connectivity index (χ3n) is 4.07. The average Bonchev–Trinajstić information content (AvgIpc) is 3.04. The molecule has 0 aliphatic heterocycles. The fourth-order valence-electron chi connectivity index (χ4n) is 2.89. The Morgan fingerprint density at radius 3 is 2.50 bits per heavy atom. The monoisotopic (exact) mass is 618 g/mol. The third-order valence-corrected chi connectivity index (χ3v) is 5.82. The van der Waals surface area contributed by atoms with Crippen molar-refractivity contribution in [1.29, 1.82) is 0 Å². The van der Waals surface area contributed by atoms with Gasteiger partial charge in [-0.2, -0.15) is 5.10 Å². The van der Waals surface area contributed by atoms with E-state index in [1.54, 1.807) is 38.2 Å². The molecule has 2 heterocycles. The number of nitrogens with zero attached hydrogens (tertiary/aromatic N) is 4. The second-order valence-corrected chi connectivity index (χ2v) is 9.42. The van der Waals surface area contributed by atoms with E-state index in [2.05, 4.69) is 57.9 Å². The highest BCUT2D eigenvalue weighted by atomic mass is 79.9. The van der Waals surface area contributed by atoms with Gasteiger partial charge in [-0.25, -0.2) is 14.5 Å². The zero-order valence-corrected chi connectivity index (χ0v) is 21.1. The van der Waals surface area contributed by atoms with Crippen LogP contribution in [0.5, 0.6) is 0 Å². The highest BCUT2D eigenvalue weighted by molar-refractivity contribution is 9.11. The van der Waals surface area contributed by atoms with Crippen LogP contribution in [-0.2, 0) is 0 Å². The quantitative estimate of drug-likeness (QED) is 0.380. The fourth-order valence-corrected chi connectivity index (χ4v) is 4.88. The molecule has 0 unspecified atom stereocenters. The standard InChI is InChI=1S/C19H14Br3ClN4O3/c1-9(2)26(16-11(19(29)30)6-10(20)7-12(16)21)18(28)14-8-15(22)25-27(14)17-13(23)4-3-5-24-17/h3-9H,1-2H3,(H,29,30). The van der Waals surface area contributed by atoms with Crippen LogP contribution < -0.4 is 4.90 Å². The van der Waals surface area contributed by atoms with Gasteiger partial charge in [0.2, 0.25) is 0 Å². The number of hydrogen-bond acceptors (Lipinski definition) is 4. The molecule has 11 heteroatoms. The van der Waals surface area contributed by atoms with Gasteiger partial charge < -0.3 is 10.0 Å². The van der Waals surface area contributed by atoms with Crippen molar-refractivity contribution in [1.82, 2.24) is 14.8 Å². The summed E-state index contributed by atoms with van der Waals surface area (Å²) in [6.45, 7) is 3.59. The Bertz CT molecular complexity index is 1150. The maximum atomic E-state index is 13.7. The highest BCUT2D eigenvalue weighted by Crippen LogP contribution is 2.36. The second kappa shape index (κ2) is 9.17. The van der Waals surface area contributed by atoms with Crippen LogP contribution >= 0.6 is 59.4 Å². The number of pyridine rings is 1. The number of carbonyl (C=O) groups is 2. The summed E-state index contributed by atoms with van der Waals surface area (Å²) >= 11 is 16.3. The van der Waals surface area contributed by atoms with Crippen molar-refractivity contribution < 1.29 is 14.7 Å². The summed E-state index contributed by atoms with van der Waals surface area (Å²) < 4.78 is 2.76. The number of rotatable bonds is 5. The molecule has 0 aliphatic carbocycles. The summed E-state index contributed by atoms with van der Waals surface area (Å²) in [4.78, 5) is 31.2. The Hall–Kier alpha value is -1.75. The molecule has 0 saturated carbocycles. The number of carboxylic acids is 1. The van der Waals surface area contributed by atoms with Crippen LogP contribution in [0.1, 0.15) is 34.7 Å². The Morgan fingerprint density at radius 2 is 1.90 bits per heavy atom. The van der Waals surface area contributed by atoms with Gasteiger partial charge in [0.15, 0.2) is 5.82 Å². The molecule has 0 spiro atoms. The smallest absolute Gasteiger partial charge is 0.337 e. The molecule has 0 aliphatic rings. The number of benzene rings is 1. The van der Waals surface area contributed by atoms with E-state index in [0.717, 1.165) is 0 Å². The van der Waals surface area contributed by atoms with E-state index in [4.69, 9.17) is 11.6 Å². The van der Waals surface area contributed by atoms with Crippen LogP contribution in [0.2, 0.25) is 5.02 Å². The number of aromatic carboxylic acids is 1. The van der Waals surface area contributed by atoms with E-state index in [-0.39, 0.29) is 28.8 Å². The van der Waals surface area contributed by atoms with Crippen molar-refractivity contribution in [3.63, 3.8) is 0 Å². The van der Waals surface area contributed by atoms with E-state index in [1.807, 2.05) is 0 Å². The molecule has 7 nitrogen and oxygen atoms in total. The minimum Gasteiger partial charge on any atom is -0.478 e. The molecular formula is C19H14Br3ClN4O3. The van der Waals surface area contributed by atoms with Crippen LogP contribution in [0.4, 0.5) is 5.69 Å². The first-order chi connectivity index (χ1) is 14.1. The number of halogens is 4. The summed E-state index contributed by atoms with van der Waals surface area (Å²) in [5.74, 6) is -1.34. The maximum Gasteiger partial charge on any atom is 0.337 e. The number of amides is 1. The van der Waals surface area contributed by atoms with Crippen LogP contribution in [0.15, 0.2) is 50.1 Å². The van der Waals surface area contributed by atoms with E-state index in [9.17, 15) is 14.7 Å². The van der Waals surface area contributed by atoms with Crippen LogP contribution in [-0.4, -0.2) is 37.8 Å². The largest absolute Gasteiger partial charge is 0.478 e. The van der Waals surface area contributed by atoms with Crippen molar-refractivity contribution in [2.24, 2.45) is 0 Å². The van der Waals surface area contributed by atoms with E-state index >= 15 is 0 Å². The zero-order chi connectivity index (χ0) is 22.2. The van der Waals surface area contributed by atoms with Gasteiger partial charge >= 0.3 is 5.97 Å². The normalized spacial score (nSPS) is 11.0. The molecule has 0 fully saturated rings. The predicted molar refractivity (Wildman–Crippen MR) is 125 cm³/mol. The molecule has 2 aromatic heterocycles. The first-order valence-corrected chi connectivity index (χ1v) is 11.3. The van der Waals surface area contributed by atoms with Gasteiger partial charge in [0.05, 0.1) is 16.3 Å². The van der Waals surface area contributed by atoms with Crippen molar-refractivity contribution in [2.45, 2.75) is 19.9 Å². The van der Waals surface area contributed by atoms with Gasteiger partial charge in [0.25, 0.3) is 5.91 Å². The predicted octanol–water partition coefficient (Wildman–Crippen LogP) is 5.96. The summed E-state index contributed by atoms with van der Waals surface area (Å²) in [7, 11) is 0. The summed E-state index contributed by atoms with van der Waals surface area (Å²) in [6.07, 6.45) is 1.54. The molecule has 1 N–H and O–H groups in total. The molecule has 30 heavy (non-hydrogen) atoms. The molecule has 0 atom stereocenters. The lowest BCUT2D eigenvalue weighted by Gasteiger charge is -2.29. The van der Waals surface area contributed by atoms with Crippen molar-refractivity contribution in [3.05, 3.63) is 66.4 Å². The molecule has 1 amide bonds. The van der Waals surface area contributed by atoms with Gasteiger partial charge in [0.1, 0.15) is 10.3 Å². The van der Waals surface area contributed by atoms with Gasteiger partial charge in [0, 0.05) is 27.3 Å². The zero-order valence-electron chi connectivity index (χ0n) is 15.6. The highest BCUT2D eigenvalue weighted by Gasteiger charge is 2.31. The lowest BCUT2D eigenvalue weighted by atomic mass is 10.1. The lowest BCUT2D eigenvalue weighted by molar-refractivity contribution is 0.0697. The first kappa shape index (κ1) is 22.9. The van der Waals surface area contributed by atoms with Gasteiger partial charge in [-0.15, -0.1) is 0 Å². The van der Waals surface area contributed by atoms with E-state index in [0.29, 0.717) is 18.6 Å². The van der Waals surface area contributed by atoms with Crippen LogP contribution in [0.3, 0.4) is 0 Å². The number of carboxylic acid groups (broad SMARTS) is 1. The molecule has 3 rings (SSSR count). The molecule has 0 saturated heterocycles. The van der Waals surface area contributed by atoms with Gasteiger partial charge in [-0.1, -0.05) is 27.5 Å². The third kappa shape index (κ3) is 4.46. The van der Waals surface area contributed by atoms with Crippen molar-refractivity contribution in [3.8, 4) is 5.82 Å². The lowest BCUT2D eigenvalue weighted by Crippen LogP contribution is -2.39. The molecule has 3 aromatic rings. The SMILES string of the molecule is CC(C)N(C(=O)c1cc(Br)nn1-c1ncccc1Cl)c1c(Br)cc(Br)cc1C(=O)O. The Kier molecular flexibility index (Phi) is 7.01. The summed E-state index contributed by atoms with van der Waals surface area (Å²) in [5, 5.41) is 14.3. The molecular weight excluding hydrogens is 607 g/mol. The van der Waals surface area contributed by atoms with Gasteiger partial charge in [-0.3, -0.25) is 4.79 Å².